The van der Waals surface area contributed by atoms with Crippen molar-refractivity contribution in [3.05, 3.63) is 21.4 Å². The Balaban J connectivity index is 2.56. The average Bonchev–Trinajstić information content (AvgIpc) is 2.59. The summed E-state index contributed by atoms with van der Waals surface area (Å²) in [5.41, 5.74) is 0.759. The summed E-state index contributed by atoms with van der Waals surface area (Å²) < 4.78 is 7.33. The fraction of sp³-hybridized carbons (Fsp3) is 0.364. The maximum Gasteiger partial charge on any atom is 0.340 e. The van der Waals surface area contributed by atoms with Crippen molar-refractivity contribution in [2.45, 2.75) is 20.8 Å². The zero-order valence-corrected chi connectivity index (χ0v) is 10.6. The van der Waals surface area contributed by atoms with E-state index in [9.17, 15) is 4.79 Å². The van der Waals surface area contributed by atoms with Gasteiger partial charge in [-0.15, -0.1) is 22.7 Å². The topological polar surface area (TPSA) is 26.3 Å². The minimum absolute atomic E-state index is 0.192. The van der Waals surface area contributed by atoms with Gasteiger partial charge in [0.1, 0.15) is 0 Å². The molecule has 15 heavy (non-hydrogen) atoms. The van der Waals surface area contributed by atoms with Crippen LogP contribution in [0.4, 0.5) is 0 Å². The van der Waals surface area contributed by atoms with Gasteiger partial charge >= 0.3 is 5.97 Å². The van der Waals surface area contributed by atoms with Gasteiger partial charge in [0.05, 0.1) is 16.9 Å². The molecular weight excluding hydrogens is 228 g/mol. The molecule has 0 fully saturated rings. The van der Waals surface area contributed by atoms with E-state index in [1.807, 2.05) is 13.8 Å². The first-order valence-electron chi connectivity index (χ1n) is 4.80. The van der Waals surface area contributed by atoms with Crippen LogP contribution in [0.3, 0.4) is 0 Å². The molecule has 0 aliphatic rings. The molecule has 0 aliphatic carbocycles. The molecule has 2 heterocycles. The van der Waals surface area contributed by atoms with Crippen molar-refractivity contribution in [3.63, 3.8) is 0 Å². The summed E-state index contributed by atoms with van der Waals surface area (Å²) in [6.45, 7) is 6.29. The van der Waals surface area contributed by atoms with Crippen LogP contribution >= 0.6 is 22.7 Å². The first kappa shape index (κ1) is 10.6. The van der Waals surface area contributed by atoms with Crippen molar-refractivity contribution in [1.29, 1.82) is 0 Å². The number of esters is 1. The number of rotatable bonds is 2. The van der Waals surface area contributed by atoms with Crippen molar-refractivity contribution in [1.82, 2.24) is 0 Å². The summed E-state index contributed by atoms with van der Waals surface area (Å²) in [5, 5.41) is 0. The SMILES string of the molecule is CCOC(=O)c1c(C)sc2cc(C)sc12. The van der Waals surface area contributed by atoms with Crippen LogP contribution in [0.2, 0.25) is 0 Å². The smallest absolute Gasteiger partial charge is 0.340 e. The molecule has 0 bridgehead atoms. The Morgan fingerprint density at radius 1 is 1.40 bits per heavy atom. The van der Waals surface area contributed by atoms with E-state index in [4.69, 9.17) is 4.74 Å². The van der Waals surface area contributed by atoms with Gasteiger partial charge in [0.2, 0.25) is 0 Å². The average molecular weight is 240 g/mol. The minimum Gasteiger partial charge on any atom is -0.462 e. The molecule has 4 heteroatoms. The van der Waals surface area contributed by atoms with Crippen LogP contribution in [0.15, 0.2) is 6.07 Å². The number of ether oxygens (including phenoxy) is 1. The molecule has 0 amide bonds. The molecule has 0 saturated heterocycles. The Hall–Kier alpha value is -0.870. The number of thiophene rings is 2. The van der Waals surface area contributed by atoms with Gasteiger partial charge in [0, 0.05) is 14.5 Å². The first-order valence-corrected chi connectivity index (χ1v) is 6.43. The molecule has 0 aliphatic heterocycles. The van der Waals surface area contributed by atoms with Crippen LogP contribution < -0.4 is 0 Å². The second-order valence-electron chi connectivity index (χ2n) is 3.30. The lowest BCUT2D eigenvalue weighted by molar-refractivity contribution is 0.0528. The van der Waals surface area contributed by atoms with E-state index in [0.717, 1.165) is 15.1 Å². The number of fused-ring (bicyclic) bond motifs is 1. The summed E-state index contributed by atoms with van der Waals surface area (Å²) in [6.07, 6.45) is 0. The molecule has 0 spiro atoms. The van der Waals surface area contributed by atoms with Gasteiger partial charge < -0.3 is 4.74 Å². The third-order valence-corrected chi connectivity index (χ3v) is 4.39. The van der Waals surface area contributed by atoms with Crippen LogP contribution in [-0.2, 0) is 4.74 Å². The number of carbonyl (C=O) groups excluding carboxylic acids is 1. The van der Waals surface area contributed by atoms with Gasteiger partial charge in [-0.25, -0.2) is 4.79 Å². The highest BCUT2D eigenvalue weighted by molar-refractivity contribution is 7.28. The minimum atomic E-state index is -0.192. The van der Waals surface area contributed by atoms with E-state index in [1.54, 1.807) is 22.7 Å². The Bertz CT molecular complexity index is 508. The molecule has 80 valence electrons. The normalized spacial score (nSPS) is 10.9. The van der Waals surface area contributed by atoms with E-state index in [1.165, 1.54) is 9.58 Å². The van der Waals surface area contributed by atoms with Gasteiger partial charge in [-0.3, -0.25) is 0 Å². The molecule has 2 rings (SSSR count). The highest BCUT2D eigenvalue weighted by Gasteiger charge is 2.19. The van der Waals surface area contributed by atoms with E-state index >= 15 is 0 Å². The Kier molecular flexibility index (Phi) is 2.80. The van der Waals surface area contributed by atoms with E-state index in [2.05, 4.69) is 13.0 Å². The van der Waals surface area contributed by atoms with Crippen molar-refractivity contribution >= 4 is 38.0 Å². The fourth-order valence-electron chi connectivity index (χ4n) is 1.56. The van der Waals surface area contributed by atoms with Crippen molar-refractivity contribution in [2.24, 2.45) is 0 Å². The van der Waals surface area contributed by atoms with Gasteiger partial charge in [0.15, 0.2) is 0 Å². The van der Waals surface area contributed by atoms with Crippen LogP contribution in [0, 0.1) is 13.8 Å². The highest BCUT2D eigenvalue weighted by Crippen LogP contribution is 2.37. The molecular formula is C11H12O2S2. The van der Waals surface area contributed by atoms with E-state index in [0.29, 0.717) is 6.61 Å². The molecule has 2 aromatic rings. The highest BCUT2D eigenvalue weighted by atomic mass is 32.1. The van der Waals surface area contributed by atoms with Crippen molar-refractivity contribution < 1.29 is 9.53 Å². The molecule has 0 aromatic carbocycles. The second-order valence-corrected chi connectivity index (χ2v) is 5.82. The first-order chi connectivity index (χ1) is 7.13. The zero-order chi connectivity index (χ0) is 11.0. The number of carbonyl (C=O) groups is 1. The predicted octanol–water partition coefficient (Wildman–Crippen LogP) is 3.76. The van der Waals surface area contributed by atoms with Crippen LogP contribution in [0.5, 0.6) is 0 Å². The molecule has 0 atom stereocenters. The maximum atomic E-state index is 11.7. The molecule has 2 nitrogen and oxygen atoms in total. The lowest BCUT2D eigenvalue weighted by Crippen LogP contribution is -2.04. The third-order valence-electron chi connectivity index (χ3n) is 2.14. The largest absolute Gasteiger partial charge is 0.462 e. The summed E-state index contributed by atoms with van der Waals surface area (Å²) in [4.78, 5) is 14.0. The standard InChI is InChI=1S/C11H12O2S2/c1-4-13-11(12)9-7(3)15-8-5-6(2)14-10(8)9/h5H,4H2,1-3H3. The van der Waals surface area contributed by atoms with Crippen LogP contribution in [0.25, 0.3) is 9.40 Å². The zero-order valence-electron chi connectivity index (χ0n) is 8.92. The lowest BCUT2D eigenvalue weighted by Gasteiger charge is -2.00. The van der Waals surface area contributed by atoms with Crippen LogP contribution in [-0.4, -0.2) is 12.6 Å². The molecule has 0 radical (unpaired) electrons. The van der Waals surface area contributed by atoms with E-state index in [-0.39, 0.29) is 5.97 Å². The Labute approximate surface area is 96.5 Å². The van der Waals surface area contributed by atoms with E-state index < -0.39 is 0 Å². The predicted molar refractivity (Wildman–Crippen MR) is 65.1 cm³/mol. The maximum absolute atomic E-state index is 11.7. The molecule has 0 N–H and O–H groups in total. The quantitative estimate of drug-likeness (QED) is 0.747. The summed E-state index contributed by atoms with van der Waals surface area (Å²) in [7, 11) is 0. The van der Waals surface area contributed by atoms with Gasteiger partial charge in [-0.05, 0) is 26.8 Å². The Morgan fingerprint density at radius 3 is 2.80 bits per heavy atom. The summed E-state index contributed by atoms with van der Waals surface area (Å²) in [6, 6.07) is 2.13. The molecule has 0 unspecified atom stereocenters. The molecule has 0 saturated carbocycles. The third kappa shape index (κ3) is 1.79. The number of hydrogen-bond acceptors (Lipinski definition) is 4. The number of aryl methyl sites for hydroxylation is 2. The summed E-state index contributed by atoms with van der Waals surface area (Å²) in [5.74, 6) is -0.192. The monoisotopic (exact) mass is 240 g/mol. The van der Waals surface area contributed by atoms with Gasteiger partial charge in [-0.1, -0.05) is 0 Å². The van der Waals surface area contributed by atoms with Crippen molar-refractivity contribution in [3.8, 4) is 0 Å². The Morgan fingerprint density at radius 2 is 2.13 bits per heavy atom. The fourth-order valence-corrected chi connectivity index (χ4v) is 3.99. The van der Waals surface area contributed by atoms with Crippen molar-refractivity contribution in [2.75, 3.05) is 6.61 Å². The van der Waals surface area contributed by atoms with Crippen LogP contribution in [0.1, 0.15) is 27.0 Å². The lowest BCUT2D eigenvalue weighted by atomic mass is 10.2. The summed E-state index contributed by atoms with van der Waals surface area (Å²) >= 11 is 3.33. The number of hydrogen-bond donors (Lipinski definition) is 0. The van der Waals surface area contributed by atoms with Gasteiger partial charge in [0.25, 0.3) is 0 Å². The molecule has 2 aromatic heterocycles. The second kappa shape index (κ2) is 3.94. The van der Waals surface area contributed by atoms with Gasteiger partial charge in [-0.2, -0.15) is 0 Å².